The lowest BCUT2D eigenvalue weighted by Crippen LogP contribution is -2.10. The molecule has 1 aromatic carbocycles. The number of hydrogen-bond donors (Lipinski definition) is 1. The third-order valence-electron chi connectivity index (χ3n) is 3.53. The van der Waals surface area contributed by atoms with Crippen molar-refractivity contribution >= 4 is 0 Å². The lowest BCUT2D eigenvalue weighted by Gasteiger charge is -2.09. The van der Waals surface area contributed by atoms with Gasteiger partial charge >= 0.3 is 0 Å². The van der Waals surface area contributed by atoms with Crippen molar-refractivity contribution in [3.05, 3.63) is 35.4 Å². The summed E-state index contributed by atoms with van der Waals surface area (Å²) in [6.45, 7) is 6.19. The largest absolute Gasteiger partial charge is 0.377 e. The molecule has 1 aliphatic rings. The van der Waals surface area contributed by atoms with E-state index in [4.69, 9.17) is 4.74 Å². The highest BCUT2D eigenvalue weighted by Crippen LogP contribution is 2.12. The first-order valence-electron chi connectivity index (χ1n) is 6.74. The molecule has 0 aliphatic carbocycles. The second kappa shape index (κ2) is 6.77. The summed E-state index contributed by atoms with van der Waals surface area (Å²) in [7, 11) is 0. The Balaban J connectivity index is 1.63. The summed E-state index contributed by atoms with van der Waals surface area (Å²) in [5.74, 6) is 0.831. The fraction of sp³-hybridized carbons (Fsp3) is 0.600. The van der Waals surface area contributed by atoms with Crippen LogP contribution in [0.25, 0.3) is 0 Å². The fourth-order valence-electron chi connectivity index (χ4n) is 2.27. The molecule has 0 saturated carbocycles. The molecule has 1 unspecified atom stereocenters. The van der Waals surface area contributed by atoms with Gasteiger partial charge in [-0.25, -0.2) is 0 Å². The first-order chi connectivity index (χ1) is 8.38. The van der Waals surface area contributed by atoms with Crippen molar-refractivity contribution in [3.63, 3.8) is 0 Å². The highest BCUT2D eigenvalue weighted by molar-refractivity contribution is 5.21. The zero-order valence-electron chi connectivity index (χ0n) is 10.7. The Kier molecular flexibility index (Phi) is 5.02. The molecular formula is C15H23NO. The van der Waals surface area contributed by atoms with E-state index in [2.05, 4.69) is 36.5 Å². The maximum absolute atomic E-state index is 5.73. The lowest BCUT2D eigenvalue weighted by molar-refractivity contribution is 0.109. The van der Waals surface area contributed by atoms with Gasteiger partial charge in [-0.15, -0.1) is 0 Å². The van der Waals surface area contributed by atoms with Crippen LogP contribution < -0.4 is 5.32 Å². The van der Waals surface area contributed by atoms with Crippen LogP contribution in [0.15, 0.2) is 24.3 Å². The second-order valence-corrected chi connectivity index (χ2v) is 4.87. The molecule has 0 bridgehead atoms. The van der Waals surface area contributed by atoms with Crippen molar-refractivity contribution in [2.24, 2.45) is 5.92 Å². The highest BCUT2D eigenvalue weighted by atomic mass is 16.5. The summed E-state index contributed by atoms with van der Waals surface area (Å²) in [6.07, 6.45) is 3.62. The van der Waals surface area contributed by atoms with Crippen LogP contribution in [0.2, 0.25) is 0 Å². The smallest absolute Gasteiger partial charge is 0.0716 e. The quantitative estimate of drug-likeness (QED) is 0.763. The van der Waals surface area contributed by atoms with E-state index >= 15 is 0 Å². The predicted octanol–water partition coefficient (Wildman–Crippen LogP) is 2.77. The van der Waals surface area contributed by atoms with Gasteiger partial charge in [0.15, 0.2) is 0 Å². The van der Waals surface area contributed by atoms with Gasteiger partial charge in [-0.3, -0.25) is 0 Å². The molecule has 0 spiro atoms. The van der Waals surface area contributed by atoms with E-state index < -0.39 is 0 Å². The molecule has 2 heteroatoms. The third-order valence-corrected chi connectivity index (χ3v) is 3.53. The van der Waals surface area contributed by atoms with Crippen molar-refractivity contribution in [3.8, 4) is 0 Å². The summed E-state index contributed by atoms with van der Waals surface area (Å²) in [5, 5.41) is 3.39. The second-order valence-electron chi connectivity index (χ2n) is 4.87. The van der Waals surface area contributed by atoms with Gasteiger partial charge in [0.2, 0.25) is 0 Å². The number of rotatable bonds is 6. The van der Waals surface area contributed by atoms with Crippen molar-refractivity contribution < 1.29 is 4.74 Å². The van der Waals surface area contributed by atoms with Crippen molar-refractivity contribution in [2.45, 2.75) is 32.8 Å². The maximum Gasteiger partial charge on any atom is 0.0716 e. The molecular weight excluding hydrogens is 210 g/mol. The molecule has 17 heavy (non-hydrogen) atoms. The molecule has 0 amide bonds. The topological polar surface area (TPSA) is 21.3 Å². The molecule has 94 valence electrons. The van der Waals surface area contributed by atoms with E-state index in [1.807, 2.05) is 0 Å². The van der Waals surface area contributed by atoms with Gasteiger partial charge in [0.05, 0.1) is 6.61 Å². The van der Waals surface area contributed by atoms with Crippen LogP contribution >= 0.6 is 0 Å². The number of benzene rings is 1. The Morgan fingerprint density at radius 2 is 2.00 bits per heavy atom. The minimum atomic E-state index is 0.754. The minimum Gasteiger partial charge on any atom is -0.377 e. The molecule has 1 fully saturated rings. The average Bonchev–Trinajstić information content (AvgIpc) is 2.88. The van der Waals surface area contributed by atoms with Crippen LogP contribution in [0, 0.1) is 5.92 Å². The van der Waals surface area contributed by atoms with Crippen molar-refractivity contribution in [1.29, 1.82) is 0 Å². The fourth-order valence-corrected chi connectivity index (χ4v) is 2.27. The Bertz CT molecular complexity index is 314. The number of ether oxygens (including phenoxy) is 1. The number of hydrogen-bond acceptors (Lipinski definition) is 2. The van der Waals surface area contributed by atoms with E-state index in [0.29, 0.717) is 0 Å². The SMILES string of the molecule is CCc1ccc(COCCC2CCNC2)cc1. The molecule has 1 aromatic rings. The maximum atomic E-state index is 5.73. The monoisotopic (exact) mass is 233 g/mol. The van der Waals surface area contributed by atoms with Crippen LogP contribution in [-0.2, 0) is 17.8 Å². The Morgan fingerprint density at radius 1 is 1.24 bits per heavy atom. The lowest BCUT2D eigenvalue weighted by atomic mass is 10.1. The molecule has 0 radical (unpaired) electrons. The Hall–Kier alpha value is -0.860. The highest BCUT2D eigenvalue weighted by Gasteiger charge is 2.13. The molecule has 1 heterocycles. The summed E-state index contributed by atoms with van der Waals surface area (Å²) in [4.78, 5) is 0. The van der Waals surface area contributed by atoms with Crippen molar-refractivity contribution in [1.82, 2.24) is 5.32 Å². The molecule has 2 rings (SSSR count). The third kappa shape index (κ3) is 4.14. The molecule has 1 saturated heterocycles. The van der Waals surface area contributed by atoms with Gasteiger partial charge in [0, 0.05) is 6.61 Å². The first-order valence-corrected chi connectivity index (χ1v) is 6.74. The minimum absolute atomic E-state index is 0.754. The van der Waals surface area contributed by atoms with Crippen LogP contribution in [0.3, 0.4) is 0 Å². The standard InChI is InChI=1S/C15H23NO/c1-2-13-3-5-15(6-4-13)12-17-10-8-14-7-9-16-11-14/h3-6,14,16H,2,7-12H2,1H3. The van der Waals surface area contributed by atoms with E-state index in [1.165, 1.54) is 37.1 Å². The zero-order valence-corrected chi connectivity index (χ0v) is 10.7. The first kappa shape index (κ1) is 12.6. The molecule has 1 N–H and O–H groups in total. The summed E-state index contributed by atoms with van der Waals surface area (Å²) in [5.41, 5.74) is 2.68. The zero-order chi connectivity index (χ0) is 11.9. The summed E-state index contributed by atoms with van der Waals surface area (Å²) in [6, 6.07) is 8.74. The Morgan fingerprint density at radius 3 is 2.65 bits per heavy atom. The van der Waals surface area contributed by atoms with Gasteiger partial charge < -0.3 is 10.1 Å². The average molecular weight is 233 g/mol. The molecule has 1 aliphatic heterocycles. The Labute approximate surface area is 104 Å². The summed E-state index contributed by atoms with van der Waals surface area (Å²) < 4.78 is 5.73. The van der Waals surface area contributed by atoms with Crippen LogP contribution in [0.4, 0.5) is 0 Å². The van der Waals surface area contributed by atoms with Gasteiger partial charge in [-0.1, -0.05) is 31.2 Å². The van der Waals surface area contributed by atoms with E-state index in [-0.39, 0.29) is 0 Å². The van der Waals surface area contributed by atoms with Crippen LogP contribution in [0.5, 0.6) is 0 Å². The van der Waals surface area contributed by atoms with Gasteiger partial charge in [-0.05, 0) is 49.4 Å². The van der Waals surface area contributed by atoms with Crippen LogP contribution in [0.1, 0.15) is 30.9 Å². The number of aryl methyl sites for hydroxylation is 1. The van der Waals surface area contributed by atoms with Gasteiger partial charge in [0.25, 0.3) is 0 Å². The van der Waals surface area contributed by atoms with Gasteiger partial charge in [0.1, 0.15) is 0 Å². The van der Waals surface area contributed by atoms with E-state index in [1.54, 1.807) is 0 Å². The van der Waals surface area contributed by atoms with Gasteiger partial charge in [-0.2, -0.15) is 0 Å². The molecule has 0 aromatic heterocycles. The normalized spacial score (nSPS) is 19.7. The van der Waals surface area contributed by atoms with E-state index in [0.717, 1.165) is 25.6 Å². The van der Waals surface area contributed by atoms with Crippen LogP contribution in [-0.4, -0.2) is 19.7 Å². The van der Waals surface area contributed by atoms with E-state index in [9.17, 15) is 0 Å². The summed E-state index contributed by atoms with van der Waals surface area (Å²) >= 11 is 0. The number of nitrogens with one attached hydrogen (secondary N) is 1. The molecule has 1 atom stereocenters. The van der Waals surface area contributed by atoms with Crippen molar-refractivity contribution in [2.75, 3.05) is 19.7 Å². The predicted molar refractivity (Wildman–Crippen MR) is 71.1 cm³/mol. The molecule has 2 nitrogen and oxygen atoms in total.